The van der Waals surface area contributed by atoms with Gasteiger partial charge in [-0.1, -0.05) is 0 Å². The zero-order valence-electron chi connectivity index (χ0n) is 18.6. The van der Waals surface area contributed by atoms with Crippen molar-refractivity contribution < 1.29 is 33.1 Å². The fourth-order valence-corrected chi connectivity index (χ4v) is 4.23. The summed E-state index contributed by atoms with van der Waals surface area (Å²) in [5, 5.41) is 5.29. The molecule has 10 nitrogen and oxygen atoms in total. The fraction of sp³-hybridized carbons (Fsp3) is 0.500. The van der Waals surface area contributed by atoms with Crippen molar-refractivity contribution in [2.24, 2.45) is 0 Å². The minimum Gasteiger partial charge on any atom is -0.444 e. The molecule has 0 spiro atoms. The topological polar surface area (TPSA) is 125 Å². The van der Waals surface area contributed by atoms with E-state index in [1.807, 2.05) is 0 Å². The van der Waals surface area contributed by atoms with E-state index in [2.05, 4.69) is 10.6 Å². The molecule has 3 heterocycles. The van der Waals surface area contributed by atoms with E-state index in [0.29, 0.717) is 18.7 Å². The second kappa shape index (κ2) is 8.22. The lowest BCUT2D eigenvalue weighted by Gasteiger charge is -2.35. The number of nitrogens with zero attached hydrogens (tertiary/aromatic N) is 2. The summed E-state index contributed by atoms with van der Waals surface area (Å²) in [6, 6.07) is 0.918. The number of nitrogens with one attached hydrogen (secondary N) is 2. The highest BCUT2D eigenvalue weighted by molar-refractivity contribution is 6.23. The van der Waals surface area contributed by atoms with Gasteiger partial charge < -0.3 is 15.0 Å². The van der Waals surface area contributed by atoms with Crippen molar-refractivity contribution in [1.29, 1.82) is 0 Å². The molecule has 1 aromatic rings. The second-order valence-electron chi connectivity index (χ2n) is 9.31. The highest BCUT2D eigenvalue weighted by Crippen LogP contribution is 2.32. The van der Waals surface area contributed by atoms with Gasteiger partial charge in [-0.3, -0.25) is 29.4 Å². The van der Waals surface area contributed by atoms with E-state index < -0.39 is 58.8 Å². The quantitative estimate of drug-likeness (QED) is 0.634. The second-order valence-corrected chi connectivity index (χ2v) is 9.31. The van der Waals surface area contributed by atoms with E-state index in [4.69, 9.17) is 4.74 Å². The average Bonchev–Trinajstić information content (AvgIpc) is 2.98. The predicted octanol–water partition coefficient (Wildman–Crippen LogP) is 1.11. The number of piperidine rings is 1. The van der Waals surface area contributed by atoms with Crippen LogP contribution >= 0.6 is 0 Å². The molecule has 0 saturated carbocycles. The molecule has 11 heteroatoms. The number of amides is 5. The van der Waals surface area contributed by atoms with Gasteiger partial charge in [-0.15, -0.1) is 0 Å². The zero-order chi connectivity index (χ0) is 24.1. The number of carbonyl (C=O) groups excluding carboxylic acids is 5. The smallest absolute Gasteiger partial charge is 0.410 e. The lowest BCUT2D eigenvalue weighted by atomic mass is 9.98. The Bertz CT molecular complexity index is 1070. The van der Waals surface area contributed by atoms with E-state index in [0.717, 1.165) is 11.0 Å². The molecule has 0 bridgehead atoms. The lowest BCUT2D eigenvalue weighted by molar-refractivity contribution is -0.136. The van der Waals surface area contributed by atoms with Gasteiger partial charge in [-0.2, -0.15) is 0 Å². The molecule has 0 aliphatic carbocycles. The summed E-state index contributed by atoms with van der Waals surface area (Å²) in [7, 11) is 0. The van der Waals surface area contributed by atoms with Crippen LogP contribution in [0.3, 0.4) is 0 Å². The van der Waals surface area contributed by atoms with Gasteiger partial charge in [-0.05, 0) is 44.9 Å². The first-order valence-corrected chi connectivity index (χ1v) is 10.7. The Balaban J connectivity index is 1.58. The third-order valence-corrected chi connectivity index (χ3v) is 5.75. The first-order chi connectivity index (χ1) is 15.5. The normalized spacial score (nSPS) is 23.5. The summed E-state index contributed by atoms with van der Waals surface area (Å²) >= 11 is 0. The maximum atomic E-state index is 15.0. The largest absolute Gasteiger partial charge is 0.444 e. The molecule has 3 aliphatic heterocycles. The van der Waals surface area contributed by atoms with Crippen LogP contribution in [0.15, 0.2) is 12.1 Å². The molecule has 176 valence electrons. The van der Waals surface area contributed by atoms with Crippen molar-refractivity contribution in [2.45, 2.75) is 51.3 Å². The molecule has 2 N–H and O–H groups in total. The molecule has 4 rings (SSSR count). The highest BCUT2D eigenvalue weighted by Gasteiger charge is 2.46. The average molecular weight is 460 g/mol. The van der Waals surface area contributed by atoms with E-state index >= 15 is 4.39 Å². The van der Waals surface area contributed by atoms with Crippen molar-refractivity contribution in [2.75, 3.05) is 19.6 Å². The number of piperazine rings is 1. The molecular weight excluding hydrogens is 435 g/mol. The molecule has 0 aromatic heterocycles. The number of ether oxygens (including phenoxy) is 1. The Kier molecular flexibility index (Phi) is 5.69. The van der Waals surface area contributed by atoms with E-state index in [9.17, 15) is 24.0 Å². The SMILES string of the molecule is CC(C)(C)OC(=O)N1CCNC(c2cc(F)c3c(c2)C(=O)N(C2CCC(=O)NC2=O)C3=O)C1. The molecule has 2 unspecified atom stereocenters. The van der Waals surface area contributed by atoms with Crippen molar-refractivity contribution >= 4 is 29.7 Å². The molecule has 2 saturated heterocycles. The van der Waals surface area contributed by atoms with Gasteiger partial charge in [0.1, 0.15) is 17.5 Å². The molecule has 3 aliphatic rings. The first-order valence-electron chi connectivity index (χ1n) is 10.7. The van der Waals surface area contributed by atoms with Crippen LogP contribution in [-0.4, -0.2) is 70.8 Å². The van der Waals surface area contributed by atoms with Gasteiger partial charge in [0.2, 0.25) is 11.8 Å². The van der Waals surface area contributed by atoms with Crippen molar-refractivity contribution in [1.82, 2.24) is 20.4 Å². The Morgan fingerprint density at radius 3 is 2.55 bits per heavy atom. The Morgan fingerprint density at radius 2 is 1.88 bits per heavy atom. The van der Waals surface area contributed by atoms with Gasteiger partial charge in [0, 0.05) is 26.1 Å². The van der Waals surface area contributed by atoms with Gasteiger partial charge in [0.05, 0.1) is 17.2 Å². The van der Waals surface area contributed by atoms with E-state index in [1.54, 1.807) is 20.8 Å². The van der Waals surface area contributed by atoms with Crippen LogP contribution in [0.4, 0.5) is 9.18 Å². The number of rotatable bonds is 2. The maximum absolute atomic E-state index is 15.0. The molecule has 2 atom stereocenters. The van der Waals surface area contributed by atoms with Crippen LogP contribution in [0.25, 0.3) is 0 Å². The molecular formula is C22H25FN4O6. The zero-order valence-corrected chi connectivity index (χ0v) is 18.6. The third-order valence-electron chi connectivity index (χ3n) is 5.75. The highest BCUT2D eigenvalue weighted by atomic mass is 19.1. The molecule has 0 radical (unpaired) electrons. The van der Waals surface area contributed by atoms with E-state index in [-0.39, 0.29) is 24.9 Å². The number of fused-ring (bicyclic) bond motifs is 1. The number of hydrogen-bond acceptors (Lipinski definition) is 7. The Labute approximate surface area is 189 Å². The van der Waals surface area contributed by atoms with Gasteiger partial charge in [-0.25, -0.2) is 9.18 Å². The van der Waals surface area contributed by atoms with Crippen LogP contribution in [0.1, 0.15) is 65.9 Å². The van der Waals surface area contributed by atoms with Crippen LogP contribution in [-0.2, 0) is 14.3 Å². The van der Waals surface area contributed by atoms with Gasteiger partial charge >= 0.3 is 6.09 Å². The molecule has 2 fully saturated rings. The lowest BCUT2D eigenvalue weighted by Crippen LogP contribution is -2.54. The maximum Gasteiger partial charge on any atom is 0.410 e. The Morgan fingerprint density at radius 1 is 1.15 bits per heavy atom. The summed E-state index contributed by atoms with van der Waals surface area (Å²) in [4.78, 5) is 64.1. The monoisotopic (exact) mass is 460 g/mol. The fourth-order valence-electron chi connectivity index (χ4n) is 4.23. The Hall–Kier alpha value is -3.34. The van der Waals surface area contributed by atoms with E-state index in [1.165, 1.54) is 11.0 Å². The number of hydrogen-bond donors (Lipinski definition) is 2. The minimum absolute atomic E-state index is 0.0142. The number of halogens is 1. The van der Waals surface area contributed by atoms with Crippen molar-refractivity contribution in [3.63, 3.8) is 0 Å². The number of carbonyl (C=O) groups is 5. The summed E-state index contributed by atoms with van der Waals surface area (Å²) in [5.74, 6) is -3.82. The van der Waals surface area contributed by atoms with Gasteiger partial charge in [0.15, 0.2) is 0 Å². The first kappa shape index (κ1) is 22.8. The van der Waals surface area contributed by atoms with Crippen molar-refractivity contribution in [3.8, 4) is 0 Å². The van der Waals surface area contributed by atoms with Crippen LogP contribution in [0.5, 0.6) is 0 Å². The predicted molar refractivity (Wildman–Crippen MR) is 112 cm³/mol. The minimum atomic E-state index is -1.17. The van der Waals surface area contributed by atoms with Crippen molar-refractivity contribution in [3.05, 3.63) is 34.6 Å². The molecule has 5 amide bonds. The summed E-state index contributed by atoms with van der Waals surface area (Å²) in [6.45, 7) is 6.30. The number of imide groups is 2. The standard InChI is InChI=1S/C22H25FN4O6/c1-22(2,3)33-21(32)26-7-6-24-14(10-26)11-8-12-17(13(23)9-11)20(31)27(19(12)30)15-4-5-16(28)25-18(15)29/h8-9,14-15,24H,4-7,10H2,1-3H3,(H,25,28,29). The summed E-state index contributed by atoms with van der Waals surface area (Å²) in [5.41, 5.74) is -0.807. The number of benzene rings is 1. The van der Waals surface area contributed by atoms with Gasteiger partial charge in [0.25, 0.3) is 11.8 Å². The molecule has 1 aromatic carbocycles. The summed E-state index contributed by atoms with van der Waals surface area (Å²) < 4.78 is 20.4. The third kappa shape index (κ3) is 4.32. The molecule has 33 heavy (non-hydrogen) atoms. The van der Waals surface area contributed by atoms with Crippen LogP contribution in [0.2, 0.25) is 0 Å². The summed E-state index contributed by atoms with van der Waals surface area (Å²) in [6.07, 6.45) is -0.533. The van der Waals surface area contributed by atoms with Crippen LogP contribution in [0, 0.1) is 5.82 Å². The van der Waals surface area contributed by atoms with Crippen LogP contribution < -0.4 is 10.6 Å².